The molecule has 1 rings (SSSR count). The van der Waals surface area contributed by atoms with Gasteiger partial charge in [-0.25, -0.2) is 4.79 Å². The van der Waals surface area contributed by atoms with Crippen LogP contribution in [0, 0.1) is 5.92 Å². The maximum absolute atomic E-state index is 11.0. The van der Waals surface area contributed by atoms with Crippen LogP contribution in [0.3, 0.4) is 0 Å². The zero-order valence-corrected chi connectivity index (χ0v) is 9.08. The van der Waals surface area contributed by atoms with E-state index in [-0.39, 0.29) is 0 Å². The minimum atomic E-state index is -0.518. The largest absolute Gasteiger partial charge is 0.458 e. The first kappa shape index (κ1) is 11.5. The Morgan fingerprint density at radius 1 is 1.36 bits per heavy atom. The predicted molar refractivity (Wildman–Crippen MR) is 53.8 cm³/mol. The quantitative estimate of drug-likeness (QED) is 0.707. The van der Waals surface area contributed by atoms with E-state index in [9.17, 15) is 4.79 Å². The molecule has 0 bridgehead atoms. The first-order chi connectivity index (χ1) is 6.56. The summed E-state index contributed by atoms with van der Waals surface area (Å²) in [5, 5.41) is 8.62. The van der Waals surface area contributed by atoms with Crippen LogP contribution in [0.2, 0.25) is 0 Å². The minimum Gasteiger partial charge on any atom is -0.458 e. The van der Waals surface area contributed by atoms with E-state index in [1.165, 1.54) is 19.3 Å². The van der Waals surface area contributed by atoms with Crippen molar-refractivity contribution in [1.29, 1.82) is 0 Å². The van der Waals surface area contributed by atoms with Crippen LogP contribution in [0.5, 0.6) is 0 Å². The van der Waals surface area contributed by atoms with Crippen molar-refractivity contribution in [3.63, 3.8) is 0 Å². The summed E-state index contributed by atoms with van der Waals surface area (Å²) >= 11 is 0. The summed E-state index contributed by atoms with van der Waals surface area (Å²) in [4.78, 5) is 11.0. The second-order valence-electron chi connectivity index (χ2n) is 4.57. The summed E-state index contributed by atoms with van der Waals surface area (Å²) in [6, 6.07) is 0. The standard InChI is InChI=1S/C11H20O3/c1-11(2,14-10(13)8-12)9-6-4-3-5-7-9/h9,12H,3-8H2,1-2H3. The number of carbonyl (C=O) groups excluding carboxylic acids is 1. The third-order valence-electron chi connectivity index (χ3n) is 3.09. The van der Waals surface area contributed by atoms with Crippen molar-refractivity contribution < 1.29 is 14.6 Å². The highest BCUT2D eigenvalue weighted by Crippen LogP contribution is 2.34. The van der Waals surface area contributed by atoms with Gasteiger partial charge in [-0.15, -0.1) is 0 Å². The SMILES string of the molecule is CC(C)(OC(=O)CO)C1CCCCC1. The van der Waals surface area contributed by atoms with Crippen molar-refractivity contribution in [2.45, 2.75) is 51.6 Å². The second-order valence-corrected chi connectivity index (χ2v) is 4.57. The van der Waals surface area contributed by atoms with Crippen molar-refractivity contribution in [3.8, 4) is 0 Å². The molecule has 0 aromatic carbocycles. The Hall–Kier alpha value is -0.570. The van der Waals surface area contributed by atoms with Crippen molar-refractivity contribution in [2.75, 3.05) is 6.61 Å². The molecule has 0 unspecified atom stereocenters. The van der Waals surface area contributed by atoms with Gasteiger partial charge in [-0.1, -0.05) is 19.3 Å². The monoisotopic (exact) mass is 200 g/mol. The fourth-order valence-corrected chi connectivity index (χ4v) is 2.21. The Morgan fingerprint density at radius 3 is 2.43 bits per heavy atom. The van der Waals surface area contributed by atoms with Gasteiger partial charge < -0.3 is 9.84 Å². The van der Waals surface area contributed by atoms with E-state index in [1.807, 2.05) is 13.8 Å². The lowest BCUT2D eigenvalue weighted by atomic mass is 9.79. The molecule has 0 atom stereocenters. The normalized spacial score (nSPS) is 19.4. The van der Waals surface area contributed by atoms with Gasteiger partial charge in [0.25, 0.3) is 0 Å². The molecule has 1 aliphatic carbocycles. The van der Waals surface area contributed by atoms with Crippen LogP contribution in [0.15, 0.2) is 0 Å². The van der Waals surface area contributed by atoms with Gasteiger partial charge in [0.1, 0.15) is 12.2 Å². The van der Waals surface area contributed by atoms with Gasteiger partial charge >= 0.3 is 5.97 Å². The molecule has 1 aliphatic rings. The number of hydrogen-bond acceptors (Lipinski definition) is 3. The van der Waals surface area contributed by atoms with E-state index in [4.69, 9.17) is 9.84 Å². The Kier molecular flexibility index (Phi) is 3.93. The molecule has 3 heteroatoms. The van der Waals surface area contributed by atoms with Gasteiger partial charge in [0.15, 0.2) is 0 Å². The number of carbonyl (C=O) groups is 1. The molecule has 3 nitrogen and oxygen atoms in total. The fraction of sp³-hybridized carbons (Fsp3) is 0.909. The topological polar surface area (TPSA) is 46.5 Å². The summed E-state index contributed by atoms with van der Waals surface area (Å²) in [6.07, 6.45) is 6.01. The molecular formula is C11H20O3. The number of ether oxygens (including phenoxy) is 1. The molecule has 1 fully saturated rings. The first-order valence-electron chi connectivity index (χ1n) is 5.39. The molecular weight excluding hydrogens is 180 g/mol. The van der Waals surface area contributed by atoms with E-state index in [2.05, 4.69) is 0 Å². The molecule has 82 valence electrons. The van der Waals surface area contributed by atoms with Crippen LogP contribution in [0.4, 0.5) is 0 Å². The Bertz CT molecular complexity index is 193. The van der Waals surface area contributed by atoms with Crippen molar-refractivity contribution in [3.05, 3.63) is 0 Å². The molecule has 0 aliphatic heterocycles. The van der Waals surface area contributed by atoms with Crippen LogP contribution in [0.1, 0.15) is 46.0 Å². The smallest absolute Gasteiger partial charge is 0.332 e. The molecule has 0 radical (unpaired) electrons. The molecule has 0 aromatic rings. The second kappa shape index (κ2) is 4.78. The van der Waals surface area contributed by atoms with Gasteiger partial charge in [-0.2, -0.15) is 0 Å². The Balaban J connectivity index is 2.49. The predicted octanol–water partition coefficient (Wildman–Crippen LogP) is 1.88. The Labute approximate surface area is 85.5 Å². The van der Waals surface area contributed by atoms with Gasteiger partial charge in [-0.3, -0.25) is 0 Å². The minimum absolute atomic E-state index is 0.416. The van der Waals surface area contributed by atoms with Gasteiger partial charge in [0.05, 0.1) is 0 Å². The fourth-order valence-electron chi connectivity index (χ4n) is 2.21. The molecule has 0 amide bonds. The molecule has 0 spiro atoms. The van der Waals surface area contributed by atoms with Gasteiger partial charge in [-0.05, 0) is 32.6 Å². The Morgan fingerprint density at radius 2 is 1.93 bits per heavy atom. The molecule has 14 heavy (non-hydrogen) atoms. The van der Waals surface area contributed by atoms with E-state index >= 15 is 0 Å². The number of aliphatic hydroxyl groups is 1. The van der Waals surface area contributed by atoms with Crippen molar-refractivity contribution in [2.24, 2.45) is 5.92 Å². The van der Waals surface area contributed by atoms with Gasteiger partial charge in [0, 0.05) is 0 Å². The number of hydrogen-bond donors (Lipinski definition) is 1. The lowest BCUT2D eigenvalue weighted by Gasteiger charge is -2.36. The van der Waals surface area contributed by atoms with Gasteiger partial charge in [0.2, 0.25) is 0 Å². The summed E-state index contributed by atoms with van der Waals surface area (Å²) in [7, 11) is 0. The van der Waals surface area contributed by atoms with Crippen LogP contribution < -0.4 is 0 Å². The number of esters is 1. The van der Waals surface area contributed by atoms with E-state index < -0.39 is 18.2 Å². The first-order valence-corrected chi connectivity index (χ1v) is 5.39. The summed E-state index contributed by atoms with van der Waals surface area (Å²) in [5.41, 5.74) is -0.416. The lowest BCUT2D eigenvalue weighted by molar-refractivity contribution is -0.166. The van der Waals surface area contributed by atoms with E-state index in [0.717, 1.165) is 12.8 Å². The maximum atomic E-state index is 11.0. The molecule has 0 heterocycles. The molecule has 0 saturated heterocycles. The third-order valence-corrected chi connectivity index (χ3v) is 3.09. The van der Waals surface area contributed by atoms with E-state index in [1.54, 1.807) is 0 Å². The van der Waals surface area contributed by atoms with Crippen LogP contribution >= 0.6 is 0 Å². The van der Waals surface area contributed by atoms with Crippen molar-refractivity contribution >= 4 is 5.97 Å². The highest BCUT2D eigenvalue weighted by atomic mass is 16.6. The van der Waals surface area contributed by atoms with Crippen molar-refractivity contribution in [1.82, 2.24) is 0 Å². The number of rotatable bonds is 3. The van der Waals surface area contributed by atoms with E-state index in [0.29, 0.717) is 5.92 Å². The summed E-state index contributed by atoms with van der Waals surface area (Å²) in [5.74, 6) is -0.0627. The highest BCUT2D eigenvalue weighted by molar-refractivity contribution is 5.70. The molecule has 1 N–H and O–H groups in total. The maximum Gasteiger partial charge on any atom is 0.332 e. The van der Waals surface area contributed by atoms with Crippen LogP contribution in [-0.2, 0) is 9.53 Å². The van der Waals surface area contributed by atoms with Crippen LogP contribution in [-0.4, -0.2) is 23.3 Å². The number of aliphatic hydroxyl groups excluding tert-OH is 1. The highest BCUT2D eigenvalue weighted by Gasteiger charge is 2.33. The zero-order valence-electron chi connectivity index (χ0n) is 9.08. The average Bonchev–Trinajstić information content (AvgIpc) is 2.18. The van der Waals surface area contributed by atoms with Crippen LogP contribution in [0.25, 0.3) is 0 Å². The summed E-state index contributed by atoms with van der Waals surface area (Å²) < 4.78 is 5.24. The summed E-state index contributed by atoms with van der Waals surface area (Å²) in [6.45, 7) is 3.36. The molecule has 1 saturated carbocycles. The zero-order chi connectivity index (χ0) is 10.6. The average molecular weight is 200 g/mol. The third kappa shape index (κ3) is 2.98. The molecule has 0 aromatic heterocycles. The lowest BCUT2D eigenvalue weighted by Crippen LogP contribution is -2.38.